The summed E-state index contributed by atoms with van der Waals surface area (Å²) in [5, 5.41) is 0.792. The van der Waals surface area contributed by atoms with Crippen LogP contribution in [-0.2, 0) is 9.53 Å². The van der Waals surface area contributed by atoms with Crippen molar-refractivity contribution >= 4 is 17.7 Å². The molecule has 0 saturated carbocycles. The largest absolute Gasteiger partial charge is 0.466 e. The quantitative estimate of drug-likeness (QED) is 0.282. The highest BCUT2D eigenvalue weighted by Crippen LogP contribution is 2.31. The Bertz CT molecular complexity index is 197. The molecule has 80 valence electrons. The van der Waals surface area contributed by atoms with E-state index in [4.69, 9.17) is 4.74 Å². The summed E-state index contributed by atoms with van der Waals surface area (Å²) >= 11 is 1.98. The molecule has 0 aromatic rings. The van der Waals surface area contributed by atoms with E-state index in [1.54, 1.807) is 0 Å². The molecule has 0 aromatic carbocycles. The SMILES string of the molecule is CCOC(=O)CCCC/C=C/C1CS1. The highest BCUT2D eigenvalue weighted by molar-refractivity contribution is 8.07. The zero-order valence-electron chi connectivity index (χ0n) is 8.70. The molecule has 1 rings (SSSR count). The number of ether oxygens (including phenoxy) is 1. The summed E-state index contributed by atoms with van der Waals surface area (Å²) in [4.78, 5) is 11.0. The van der Waals surface area contributed by atoms with Crippen molar-refractivity contribution in [2.75, 3.05) is 12.4 Å². The average molecular weight is 214 g/mol. The van der Waals surface area contributed by atoms with Crippen LogP contribution in [0.4, 0.5) is 0 Å². The predicted octanol–water partition coefficient (Wildman–Crippen LogP) is 2.78. The van der Waals surface area contributed by atoms with E-state index in [2.05, 4.69) is 12.2 Å². The lowest BCUT2D eigenvalue weighted by atomic mass is 10.2. The molecule has 0 aliphatic carbocycles. The van der Waals surface area contributed by atoms with Gasteiger partial charge >= 0.3 is 5.97 Å². The number of unbranched alkanes of at least 4 members (excludes halogenated alkanes) is 2. The number of allylic oxidation sites excluding steroid dienone is 1. The molecule has 0 N–H and O–H groups in total. The molecule has 1 saturated heterocycles. The standard InChI is InChI=1S/C11H18O2S/c1-2-13-11(12)8-6-4-3-5-7-10-9-14-10/h5,7,10H,2-4,6,8-9H2,1H3/b7-5+. The van der Waals surface area contributed by atoms with Crippen LogP contribution in [0.25, 0.3) is 0 Å². The first-order valence-corrected chi connectivity index (χ1v) is 6.31. The summed E-state index contributed by atoms with van der Waals surface area (Å²) in [6, 6.07) is 0. The Morgan fingerprint density at radius 3 is 3.00 bits per heavy atom. The van der Waals surface area contributed by atoms with E-state index in [1.165, 1.54) is 5.75 Å². The lowest BCUT2D eigenvalue weighted by molar-refractivity contribution is -0.143. The molecule has 0 aromatic heterocycles. The fraction of sp³-hybridized carbons (Fsp3) is 0.727. The Kier molecular flexibility index (Phi) is 5.76. The molecule has 1 aliphatic rings. The van der Waals surface area contributed by atoms with Gasteiger partial charge in [0.2, 0.25) is 0 Å². The van der Waals surface area contributed by atoms with Crippen molar-refractivity contribution in [3.8, 4) is 0 Å². The van der Waals surface area contributed by atoms with Crippen molar-refractivity contribution in [1.82, 2.24) is 0 Å². The maximum Gasteiger partial charge on any atom is 0.305 e. The van der Waals surface area contributed by atoms with Gasteiger partial charge in [0, 0.05) is 17.4 Å². The Labute approximate surface area is 90.1 Å². The second-order valence-electron chi connectivity index (χ2n) is 3.35. The molecule has 1 aliphatic heterocycles. The fourth-order valence-electron chi connectivity index (χ4n) is 1.18. The monoisotopic (exact) mass is 214 g/mol. The third kappa shape index (κ3) is 6.08. The van der Waals surface area contributed by atoms with Gasteiger partial charge in [-0.05, 0) is 26.2 Å². The zero-order chi connectivity index (χ0) is 10.2. The Morgan fingerprint density at radius 1 is 1.57 bits per heavy atom. The summed E-state index contributed by atoms with van der Waals surface area (Å²) in [6.07, 6.45) is 8.20. The van der Waals surface area contributed by atoms with Gasteiger partial charge in [-0.3, -0.25) is 4.79 Å². The topological polar surface area (TPSA) is 26.3 Å². The van der Waals surface area contributed by atoms with E-state index in [1.807, 2.05) is 18.7 Å². The third-order valence-corrected chi connectivity index (χ3v) is 2.89. The molecular formula is C11H18O2S. The summed E-state index contributed by atoms with van der Waals surface area (Å²) in [5.41, 5.74) is 0. The van der Waals surface area contributed by atoms with E-state index >= 15 is 0 Å². The fourth-order valence-corrected chi connectivity index (χ4v) is 1.62. The van der Waals surface area contributed by atoms with Gasteiger partial charge in [-0.25, -0.2) is 0 Å². The first-order chi connectivity index (χ1) is 6.83. The molecule has 0 amide bonds. The summed E-state index contributed by atoms with van der Waals surface area (Å²) < 4.78 is 4.84. The van der Waals surface area contributed by atoms with Crippen molar-refractivity contribution in [2.24, 2.45) is 0 Å². The molecule has 14 heavy (non-hydrogen) atoms. The Morgan fingerprint density at radius 2 is 2.36 bits per heavy atom. The van der Waals surface area contributed by atoms with Gasteiger partial charge in [0.05, 0.1) is 6.61 Å². The number of carbonyl (C=O) groups is 1. The molecule has 1 fully saturated rings. The molecule has 0 radical (unpaired) electrons. The minimum Gasteiger partial charge on any atom is -0.466 e. The number of rotatable bonds is 7. The molecule has 1 unspecified atom stereocenters. The van der Waals surface area contributed by atoms with Crippen molar-refractivity contribution in [2.45, 2.75) is 37.9 Å². The third-order valence-electron chi connectivity index (χ3n) is 2.02. The Hall–Kier alpha value is -0.440. The van der Waals surface area contributed by atoms with E-state index in [9.17, 15) is 4.79 Å². The van der Waals surface area contributed by atoms with E-state index < -0.39 is 0 Å². The van der Waals surface area contributed by atoms with Crippen LogP contribution in [0.15, 0.2) is 12.2 Å². The maximum atomic E-state index is 11.0. The van der Waals surface area contributed by atoms with Gasteiger partial charge in [-0.15, -0.1) is 0 Å². The number of hydrogen-bond acceptors (Lipinski definition) is 3. The van der Waals surface area contributed by atoms with Crippen LogP contribution in [0.3, 0.4) is 0 Å². The Balaban J connectivity index is 1.85. The minimum atomic E-state index is -0.0609. The minimum absolute atomic E-state index is 0.0609. The lowest BCUT2D eigenvalue weighted by Crippen LogP contribution is -2.02. The van der Waals surface area contributed by atoms with Gasteiger partial charge in [-0.1, -0.05) is 12.2 Å². The van der Waals surface area contributed by atoms with E-state index in [-0.39, 0.29) is 5.97 Å². The van der Waals surface area contributed by atoms with Crippen LogP contribution in [-0.4, -0.2) is 23.6 Å². The molecule has 0 spiro atoms. The van der Waals surface area contributed by atoms with Crippen LogP contribution >= 0.6 is 11.8 Å². The average Bonchev–Trinajstić information content (AvgIpc) is 2.95. The number of esters is 1. The molecule has 1 heterocycles. The van der Waals surface area contributed by atoms with Gasteiger partial charge in [-0.2, -0.15) is 11.8 Å². The van der Waals surface area contributed by atoms with Gasteiger partial charge in [0.25, 0.3) is 0 Å². The van der Waals surface area contributed by atoms with E-state index in [0.717, 1.165) is 24.5 Å². The second kappa shape index (κ2) is 6.93. The predicted molar refractivity (Wildman–Crippen MR) is 60.5 cm³/mol. The molecule has 0 bridgehead atoms. The maximum absolute atomic E-state index is 11.0. The van der Waals surface area contributed by atoms with Crippen molar-refractivity contribution in [1.29, 1.82) is 0 Å². The molecule has 1 atom stereocenters. The summed E-state index contributed by atoms with van der Waals surface area (Å²) in [7, 11) is 0. The first-order valence-electron chi connectivity index (χ1n) is 5.27. The summed E-state index contributed by atoms with van der Waals surface area (Å²) in [6.45, 7) is 2.34. The van der Waals surface area contributed by atoms with Crippen LogP contribution in [0.5, 0.6) is 0 Å². The highest BCUT2D eigenvalue weighted by Gasteiger charge is 2.17. The molecule has 3 heteroatoms. The summed E-state index contributed by atoms with van der Waals surface area (Å²) in [5.74, 6) is 1.23. The van der Waals surface area contributed by atoms with Crippen molar-refractivity contribution < 1.29 is 9.53 Å². The van der Waals surface area contributed by atoms with Crippen LogP contribution in [0.2, 0.25) is 0 Å². The van der Waals surface area contributed by atoms with Crippen LogP contribution < -0.4 is 0 Å². The number of hydrogen-bond donors (Lipinski definition) is 0. The van der Waals surface area contributed by atoms with Crippen LogP contribution in [0.1, 0.15) is 32.6 Å². The zero-order valence-corrected chi connectivity index (χ0v) is 9.52. The molecular weight excluding hydrogens is 196 g/mol. The van der Waals surface area contributed by atoms with Crippen LogP contribution in [0, 0.1) is 0 Å². The van der Waals surface area contributed by atoms with Crippen molar-refractivity contribution in [3.63, 3.8) is 0 Å². The smallest absolute Gasteiger partial charge is 0.305 e. The van der Waals surface area contributed by atoms with Crippen molar-refractivity contribution in [3.05, 3.63) is 12.2 Å². The van der Waals surface area contributed by atoms with E-state index in [0.29, 0.717) is 13.0 Å². The molecule has 2 nitrogen and oxygen atoms in total. The van der Waals surface area contributed by atoms with Gasteiger partial charge in [0.1, 0.15) is 0 Å². The lowest BCUT2D eigenvalue weighted by Gasteiger charge is -1.99. The van der Waals surface area contributed by atoms with Gasteiger partial charge < -0.3 is 4.74 Å². The number of thioether (sulfide) groups is 1. The second-order valence-corrected chi connectivity index (χ2v) is 4.62. The highest BCUT2D eigenvalue weighted by atomic mass is 32.2. The normalized spacial score (nSPS) is 19.9. The first kappa shape index (κ1) is 11.6. The van der Waals surface area contributed by atoms with Gasteiger partial charge in [0.15, 0.2) is 0 Å². The number of carbonyl (C=O) groups excluding carboxylic acids is 1.